The van der Waals surface area contributed by atoms with Crippen LogP contribution in [-0.4, -0.2) is 44.1 Å². The van der Waals surface area contributed by atoms with Crippen LogP contribution in [0.3, 0.4) is 0 Å². The fourth-order valence-corrected chi connectivity index (χ4v) is 0.824. The van der Waals surface area contributed by atoms with E-state index in [1.165, 1.54) is 13.8 Å². The molecule has 0 aliphatic carbocycles. The molecule has 22 heavy (non-hydrogen) atoms. The van der Waals surface area contributed by atoms with Crippen molar-refractivity contribution in [1.29, 1.82) is 0 Å². The summed E-state index contributed by atoms with van der Waals surface area (Å²) in [5, 5.41) is 34.5. The second kappa shape index (κ2) is 11.9. The lowest BCUT2D eigenvalue weighted by Crippen LogP contribution is -2.36. The minimum absolute atomic E-state index is 0.0579. The van der Waals surface area contributed by atoms with E-state index in [9.17, 15) is 19.8 Å². The Bertz CT molecular complexity index is 331. The number of hydrogen-bond donors (Lipinski definition) is 4. The Morgan fingerprint density at radius 2 is 1.27 bits per heavy atom. The first-order valence-electron chi connectivity index (χ1n) is 6.86. The second-order valence-electron chi connectivity index (χ2n) is 5.59. The summed E-state index contributed by atoms with van der Waals surface area (Å²) in [5.74, 6) is -1.93. The van der Waals surface area contributed by atoms with Crippen LogP contribution in [0.1, 0.15) is 48.0 Å². The molecule has 0 spiro atoms. The molecule has 0 aliphatic rings. The highest BCUT2D eigenvalue weighted by atomic mass is 16.4. The van der Waals surface area contributed by atoms with Crippen LogP contribution in [0.2, 0.25) is 0 Å². The van der Waals surface area contributed by atoms with Crippen LogP contribution in [0.5, 0.6) is 0 Å². The Morgan fingerprint density at radius 1 is 1.05 bits per heavy atom. The molecule has 0 rings (SSSR count). The highest BCUT2D eigenvalue weighted by Crippen LogP contribution is 2.20. The number of aliphatic hydroxyl groups excluding tert-OH is 1. The molecule has 2 unspecified atom stereocenters. The van der Waals surface area contributed by atoms with Crippen LogP contribution in [0.4, 0.5) is 0 Å². The quantitative estimate of drug-likeness (QED) is 0.579. The predicted molar refractivity (Wildman–Crippen MR) is 86.7 cm³/mol. The van der Waals surface area contributed by atoms with Crippen LogP contribution in [-0.2, 0) is 9.59 Å². The smallest absolute Gasteiger partial charge is 0.330 e. The molecule has 0 aromatic carbocycles. The molecule has 0 radical (unpaired) electrons. The highest BCUT2D eigenvalue weighted by Gasteiger charge is 2.27. The summed E-state index contributed by atoms with van der Waals surface area (Å²) in [5.41, 5.74) is -0.417. The van der Waals surface area contributed by atoms with Gasteiger partial charge < -0.3 is 20.4 Å². The average molecular weight is 318 g/mol. The Kier molecular flexibility index (Phi) is 13.7. The SMILES string of the molecule is C=C(C)C(=O)O.C=C(C)C(=O)O.CCC(O)C(C)C(C)(C)O. The normalized spacial score (nSPS) is 12.5. The Labute approximate surface area is 132 Å². The molecule has 0 aromatic heterocycles. The zero-order valence-electron chi connectivity index (χ0n) is 14.4. The zero-order chi connectivity index (χ0) is 18.7. The lowest BCUT2D eigenvalue weighted by molar-refractivity contribution is -0.133. The first kappa shape index (κ1) is 25.3. The summed E-state index contributed by atoms with van der Waals surface area (Å²) in [6, 6.07) is 0. The fraction of sp³-hybridized carbons (Fsp3) is 0.625. The molecule has 0 aliphatic heterocycles. The number of aliphatic hydroxyl groups is 2. The molecule has 6 nitrogen and oxygen atoms in total. The Hall–Kier alpha value is -1.66. The van der Waals surface area contributed by atoms with Crippen molar-refractivity contribution in [2.24, 2.45) is 5.92 Å². The minimum Gasteiger partial charge on any atom is -0.478 e. The molecule has 0 saturated carbocycles. The van der Waals surface area contributed by atoms with Crippen molar-refractivity contribution in [3.8, 4) is 0 Å². The van der Waals surface area contributed by atoms with Crippen molar-refractivity contribution in [2.75, 3.05) is 0 Å². The number of hydrogen-bond acceptors (Lipinski definition) is 4. The molecule has 0 fully saturated rings. The largest absolute Gasteiger partial charge is 0.478 e. The summed E-state index contributed by atoms with van der Waals surface area (Å²) in [4.78, 5) is 19.2. The van der Waals surface area contributed by atoms with Gasteiger partial charge in [0.25, 0.3) is 0 Å². The fourth-order valence-electron chi connectivity index (χ4n) is 0.824. The van der Waals surface area contributed by atoms with E-state index in [4.69, 9.17) is 10.2 Å². The van der Waals surface area contributed by atoms with Gasteiger partial charge in [0, 0.05) is 17.1 Å². The van der Waals surface area contributed by atoms with Crippen molar-refractivity contribution in [3.63, 3.8) is 0 Å². The molecule has 2 atom stereocenters. The molecule has 0 saturated heterocycles. The van der Waals surface area contributed by atoms with Gasteiger partial charge in [0.1, 0.15) is 0 Å². The molecule has 0 amide bonds. The van der Waals surface area contributed by atoms with Crippen LogP contribution in [0, 0.1) is 5.92 Å². The molecule has 4 N–H and O–H groups in total. The van der Waals surface area contributed by atoms with Gasteiger partial charge in [-0.3, -0.25) is 0 Å². The zero-order valence-corrected chi connectivity index (χ0v) is 14.4. The molecule has 0 aromatic rings. The van der Waals surface area contributed by atoms with E-state index in [0.717, 1.165) is 0 Å². The summed E-state index contributed by atoms with van der Waals surface area (Å²) >= 11 is 0. The van der Waals surface area contributed by atoms with E-state index in [-0.39, 0.29) is 23.2 Å². The van der Waals surface area contributed by atoms with Gasteiger partial charge in [-0.15, -0.1) is 0 Å². The van der Waals surface area contributed by atoms with E-state index in [1.54, 1.807) is 13.8 Å². The lowest BCUT2D eigenvalue weighted by atomic mass is 9.87. The molecular formula is C16H30O6. The third kappa shape index (κ3) is 16.4. The first-order valence-corrected chi connectivity index (χ1v) is 6.86. The van der Waals surface area contributed by atoms with Crippen LogP contribution >= 0.6 is 0 Å². The average Bonchev–Trinajstić information content (AvgIpc) is 2.36. The first-order chi connectivity index (χ1) is 9.68. The van der Waals surface area contributed by atoms with E-state index in [2.05, 4.69) is 13.2 Å². The van der Waals surface area contributed by atoms with Gasteiger partial charge in [0.05, 0.1) is 11.7 Å². The van der Waals surface area contributed by atoms with E-state index in [1.807, 2.05) is 13.8 Å². The topological polar surface area (TPSA) is 115 Å². The van der Waals surface area contributed by atoms with Crippen molar-refractivity contribution >= 4 is 11.9 Å². The Balaban J connectivity index is -0.000000261. The minimum atomic E-state index is -0.935. The van der Waals surface area contributed by atoms with Gasteiger partial charge in [-0.05, 0) is 34.1 Å². The summed E-state index contributed by atoms with van der Waals surface area (Å²) in [6.07, 6.45) is 0.311. The maximum atomic E-state index is 9.60. The summed E-state index contributed by atoms with van der Waals surface area (Å²) in [7, 11) is 0. The third-order valence-electron chi connectivity index (χ3n) is 2.84. The Morgan fingerprint density at radius 3 is 1.32 bits per heavy atom. The molecule has 6 heteroatoms. The van der Waals surface area contributed by atoms with Gasteiger partial charge in [-0.2, -0.15) is 0 Å². The predicted octanol–water partition coefficient (Wildman–Crippen LogP) is 2.46. The van der Waals surface area contributed by atoms with Crippen molar-refractivity contribution in [1.82, 2.24) is 0 Å². The number of rotatable bonds is 5. The molecular weight excluding hydrogens is 288 g/mol. The molecule has 130 valence electrons. The van der Waals surface area contributed by atoms with E-state index >= 15 is 0 Å². The summed E-state index contributed by atoms with van der Waals surface area (Å²) < 4.78 is 0. The van der Waals surface area contributed by atoms with Crippen LogP contribution in [0.25, 0.3) is 0 Å². The molecule has 0 bridgehead atoms. The number of carboxylic acid groups (broad SMARTS) is 2. The highest BCUT2D eigenvalue weighted by molar-refractivity contribution is 5.85. The van der Waals surface area contributed by atoms with E-state index < -0.39 is 17.5 Å². The monoisotopic (exact) mass is 318 g/mol. The van der Waals surface area contributed by atoms with Crippen molar-refractivity contribution < 1.29 is 30.0 Å². The lowest BCUT2D eigenvalue weighted by Gasteiger charge is -2.29. The second-order valence-corrected chi connectivity index (χ2v) is 5.59. The summed E-state index contributed by atoms with van der Waals surface area (Å²) in [6.45, 7) is 16.4. The van der Waals surface area contributed by atoms with Crippen LogP contribution < -0.4 is 0 Å². The maximum Gasteiger partial charge on any atom is 0.330 e. The van der Waals surface area contributed by atoms with Crippen LogP contribution in [0.15, 0.2) is 24.3 Å². The number of aliphatic carboxylic acids is 2. The van der Waals surface area contributed by atoms with Crippen molar-refractivity contribution in [2.45, 2.75) is 59.7 Å². The maximum absolute atomic E-state index is 9.60. The van der Waals surface area contributed by atoms with E-state index in [0.29, 0.717) is 6.42 Å². The number of carbonyl (C=O) groups is 2. The van der Waals surface area contributed by atoms with Gasteiger partial charge in [-0.1, -0.05) is 27.0 Å². The van der Waals surface area contributed by atoms with Crippen molar-refractivity contribution in [3.05, 3.63) is 24.3 Å². The van der Waals surface area contributed by atoms with Gasteiger partial charge >= 0.3 is 11.9 Å². The third-order valence-corrected chi connectivity index (χ3v) is 2.84. The number of carboxylic acids is 2. The van der Waals surface area contributed by atoms with Gasteiger partial charge in [0.15, 0.2) is 0 Å². The molecule has 0 heterocycles. The van der Waals surface area contributed by atoms with Gasteiger partial charge in [-0.25, -0.2) is 9.59 Å². The standard InChI is InChI=1S/C8H18O2.2C4H6O2/c1-5-7(9)6(2)8(3,4)10;2*1-3(2)4(5)6/h6-7,9-10H,5H2,1-4H3;2*1H2,2H3,(H,5,6). The van der Waals surface area contributed by atoms with Gasteiger partial charge in [0.2, 0.25) is 0 Å².